The van der Waals surface area contributed by atoms with Crippen molar-refractivity contribution in [2.75, 3.05) is 0 Å². The second-order valence-corrected chi connectivity index (χ2v) is 6.06. The van der Waals surface area contributed by atoms with Crippen molar-refractivity contribution < 1.29 is 40.8 Å². The highest BCUT2D eigenvalue weighted by Crippen LogP contribution is 2.24. The Hall–Kier alpha value is -3.04. The Balaban J connectivity index is 0. The number of amides is 4. The van der Waals surface area contributed by atoms with Crippen LogP contribution in [-0.4, -0.2) is 49.5 Å². The highest BCUT2D eigenvalue weighted by Gasteiger charge is 2.46. The van der Waals surface area contributed by atoms with Crippen molar-refractivity contribution in [2.45, 2.75) is 33.2 Å². The molecule has 16 heteroatoms. The van der Waals surface area contributed by atoms with E-state index in [9.17, 15) is 40.8 Å². The summed E-state index contributed by atoms with van der Waals surface area (Å²) in [6.45, 7) is 4.32. The fourth-order valence-corrected chi connectivity index (χ4v) is 1.40. The number of nitrogens with zero attached hydrogens (tertiary/aromatic N) is 1. The first-order valence-electron chi connectivity index (χ1n) is 6.58. The topological polar surface area (TPSA) is 187 Å². The molecule has 154 valence electrons. The van der Waals surface area contributed by atoms with Crippen LogP contribution in [0.15, 0.2) is 4.40 Å². The quantitative estimate of drug-likeness (QED) is 0.259. The molecule has 0 saturated heterocycles. The van der Waals surface area contributed by atoms with Crippen LogP contribution in [0.5, 0.6) is 0 Å². The van der Waals surface area contributed by atoms with Gasteiger partial charge in [0.15, 0.2) is 0 Å². The minimum Gasteiger partial charge on any atom is -0.297 e. The predicted molar refractivity (Wildman–Crippen MR) is 85.4 cm³/mol. The van der Waals surface area contributed by atoms with Gasteiger partial charge in [-0.05, 0) is 0 Å². The third kappa shape index (κ3) is 13.9. The molecular weight excluding hydrogens is 401 g/mol. The summed E-state index contributed by atoms with van der Waals surface area (Å²) in [4.78, 5) is 41.6. The maximum Gasteiger partial charge on any atom is 0.518 e. The predicted octanol–water partition coefficient (Wildman–Crippen LogP) is -1.34. The SMILES string of the molecule is CC(=O)NC(=N)NC(C)=O.CC(=O)NC(=NS(=O)(=O)C(F)(F)F)NC(C)=O. The lowest BCUT2D eigenvalue weighted by atomic mass is 10.6. The highest BCUT2D eigenvalue weighted by molar-refractivity contribution is 7.91. The van der Waals surface area contributed by atoms with Gasteiger partial charge in [0.25, 0.3) is 0 Å². The molecule has 0 aromatic rings. The van der Waals surface area contributed by atoms with Gasteiger partial charge in [0, 0.05) is 27.7 Å². The molecular formula is C11H17F3N6O6S. The molecule has 0 atom stereocenters. The number of sulfonamides is 1. The second-order valence-electron chi connectivity index (χ2n) is 4.46. The van der Waals surface area contributed by atoms with Gasteiger partial charge >= 0.3 is 15.5 Å². The highest BCUT2D eigenvalue weighted by atomic mass is 32.2. The van der Waals surface area contributed by atoms with E-state index < -0.39 is 33.3 Å². The molecule has 0 rings (SSSR count). The third-order valence-corrected chi connectivity index (χ3v) is 2.70. The zero-order valence-electron chi connectivity index (χ0n) is 14.4. The summed E-state index contributed by atoms with van der Waals surface area (Å²) in [7, 11) is -5.83. The summed E-state index contributed by atoms with van der Waals surface area (Å²) < 4.78 is 59.3. The van der Waals surface area contributed by atoms with E-state index in [0.717, 1.165) is 13.8 Å². The lowest BCUT2D eigenvalue weighted by Gasteiger charge is -2.08. The number of halogens is 3. The van der Waals surface area contributed by atoms with E-state index in [2.05, 4.69) is 15.0 Å². The largest absolute Gasteiger partial charge is 0.518 e. The van der Waals surface area contributed by atoms with E-state index in [1.54, 1.807) is 10.6 Å². The van der Waals surface area contributed by atoms with Gasteiger partial charge in [0.1, 0.15) is 0 Å². The first-order chi connectivity index (χ1) is 12.0. The van der Waals surface area contributed by atoms with Crippen LogP contribution >= 0.6 is 0 Å². The zero-order chi connectivity index (χ0) is 22.0. The van der Waals surface area contributed by atoms with Crippen LogP contribution in [0, 0.1) is 5.41 Å². The maximum atomic E-state index is 11.9. The fraction of sp³-hybridized carbons (Fsp3) is 0.455. The molecule has 0 aliphatic carbocycles. The van der Waals surface area contributed by atoms with Crippen molar-refractivity contribution in [1.82, 2.24) is 21.3 Å². The summed E-state index contributed by atoms with van der Waals surface area (Å²) in [5.41, 5.74) is -5.62. The molecule has 27 heavy (non-hydrogen) atoms. The van der Waals surface area contributed by atoms with E-state index in [1.807, 2.05) is 0 Å². The Bertz CT molecular complexity index is 710. The van der Waals surface area contributed by atoms with E-state index in [4.69, 9.17) is 5.41 Å². The van der Waals surface area contributed by atoms with Crippen molar-refractivity contribution in [3.8, 4) is 0 Å². The molecule has 12 nitrogen and oxygen atoms in total. The summed E-state index contributed by atoms with van der Waals surface area (Å²) in [5.74, 6) is -3.94. The molecule has 0 spiro atoms. The minimum absolute atomic E-state index is 0.292. The van der Waals surface area contributed by atoms with E-state index in [0.29, 0.717) is 0 Å². The van der Waals surface area contributed by atoms with Crippen LogP contribution in [0.4, 0.5) is 13.2 Å². The Morgan fingerprint density at radius 2 is 1.07 bits per heavy atom. The Kier molecular flexibility index (Phi) is 10.5. The average molecular weight is 418 g/mol. The van der Waals surface area contributed by atoms with Crippen LogP contribution in [0.25, 0.3) is 0 Å². The number of guanidine groups is 2. The molecule has 0 aromatic carbocycles. The molecule has 0 unspecified atom stereocenters. The van der Waals surface area contributed by atoms with Crippen LogP contribution in [0.3, 0.4) is 0 Å². The second kappa shape index (κ2) is 10.8. The molecule has 0 heterocycles. The standard InChI is InChI=1S/C6H8F3N3O4S.C5H9N3O2/c1-3(13)10-5(11-4(2)14)12-17(15,16)6(7,8)9;1-3(9)7-5(6)8-4(2)10/h1-2H3,(H2,10,11,12,13,14);1-2H3,(H3,6,7,8,9,10). The molecule has 0 aromatic heterocycles. The van der Waals surface area contributed by atoms with Gasteiger partial charge in [-0.3, -0.25) is 45.9 Å². The Labute approximate surface area is 151 Å². The summed E-state index contributed by atoms with van der Waals surface area (Å²) in [6.07, 6.45) is 0. The van der Waals surface area contributed by atoms with Gasteiger partial charge < -0.3 is 0 Å². The van der Waals surface area contributed by atoms with Gasteiger partial charge in [-0.15, -0.1) is 4.40 Å². The first kappa shape index (κ1) is 26.2. The maximum absolute atomic E-state index is 11.9. The van der Waals surface area contributed by atoms with Crippen molar-refractivity contribution in [3.63, 3.8) is 0 Å². The summed E-state index contributed by atoms with van der Waals surface area (Å²) >= 11 is 0. The van der Waals surface area contributed by atoms with Crippen LogP contribution in [0.2, 0.25) is 0 Å². The Morgan fingerprint density at radius 3 is 1.30 bits per heavy atom. The minimum atomic E-state index is -5.83. The van der Waals surface area contributed by atoms with Crippen molar-refractivity contribution >= 4 is 45.6 Å². The van der Waals surface area contributed by atoms with Crippen LogP contribution in [-0.2, 0) is 29.2 Å². The molecule has 0 saturated carbocycles. The van der Waals surface area contributed by atoms with Gasteiger partial charge in [-0.2, -0.15) is 21.6 Å². The van der Waals surface area contributed by atoms with Crippen LogP contribution in [0.1, 0.15) is 27.7 Å². The molecule has 0 bridgehead atoms. The number of rotatable bonds is 1. The van der Waals surface area contributed by atoms with E-state index in [1.165, 1.54) is 13.8 Å². The van der Waals surface area contributed by atoms with Crippen molar-refractivity contribution in [2.24, 2.45) is 4.40 Å². The smallest absolute Gasteiger partial charge is 0.297 e. The van der Waals surface area contributed by atoms with E-state index >= 15 is 0 Å². The monoisotopic (exact) mass is 418 g/mol. The van der Waals surface area contributed by atoms with Gasteiger partial charge in [0.05, 0.1) is 0 Å². The zero-order valence-corrected chi connectivity index (χ0v) is 15.3. The number of carbonyl (C=O) groups excluding carboxylic acids is 4. The molecule has 0 aliphatic heterocycles. The van der Waals surface area contributed by atoms with E-state index in [-0.39, 0.29) is 17.8 Å². The normalized spacial score (nSPS) is 10.3. The van der Waals surface area contributed by atoms with Crippen LogP contribution < -0.4 is 21.3 Å². The van der Waals surface area contributed by atoms with Gasteiger partial charge in [-0.25, -0.2) is 0 Å². The van der Waals surface area contributed by atoms with Crippen molar-refractivity contribution in [3.05, 3.63) is 0 Å². The fourth-order valence-electron chi connectivity index (χ4n) is 0.966. The number of nitrogens with one attached hydrogen (secondary N) is 5. The van der Waals surface area contributed by atoms with Gasteiger partial charge in [-0.1, -0.05) is 0 Å². The number of hydrogen-bond donors (Lipinski definition) is 5. The summed E-state index contributed by atoms with van der Waals surface area (Å²) in [5, 5.41) is 14.3. The molecule has 0 fully saturated rings. The average Bonchev–Trinajstić information content (AvgIpc) is 2.32. The number of hydrogen-bond acceptors (Lipinski definition) is 7. The molecule has 5 N–H and O–H groups in total. The van der Waals surface area contributed by atoms with Crippen molar-refractivity contribution in [1.29, 1.82) is 5.41 Å². The molecule has 4 amide bonds. The molecule has 0 radical (unpaired) electrons. The van der Waals surface area contributed by atoms with Gasteiger partial charge in [0.2, 0.25) is 35.5 Å². The number of carbonyl (C=O) groups is 4. The lowest BCUT2D eigenvalue weighted by molar-refractivity contribution is -0.119. The Morgan fingerprint density at radius 1 is 0.778 bits per heavy atom. The first-order valence-corrected chi connectivity index (χ1v) is 8.02. The summed E-state index contributed by atoms with van der Waals surface area (Å²) in [6, 6.07) is 0. The lowest BCUT2D eigenvalue weighted by Crippen LogP contribution is -2.43. The molecule has 0 aliphatic rings. The third-order valence-electron chi connectivity index (χ3n) is 1.69. The number of alkyl halides is 3.